The zero-order valence-corrected chi connectivity index (χ0v) is 18.6. The Morgan fingerprint density at radius 1 is 1.16 bits per heavy atom. The molecule has 7 heteroatoms. The average Bonchev–Trinajstić information content (AvgIpc) is 3.15. The van der Waals surface area contributed by atoms with Crippen LogP contribution in [0.5, 0.6) is 10.9 Å². The Hall–Kier alpha value is -2.48. The van der Waals surface area contributed by atoms with E-state index in [-0.39, 0.29) is 11.9 Å². The molecule has 6 nitrogen and oxygen atoms in total. The first-order valence-corrected chi connectivity index (χ1v) is 11.6. The van der Waals surface area contributed by atoms with Gasteiger partial charge in [-0.25, -0.2) is 4.98 Å². The molecular formula is C24H27N3O3S. The summed E-state index contributed by atoms with van der Waals surface area (Å²) in [4.78, 5) is 19.1. The van der Waals surface area contributed by atoms with Crippen LogP contribution >= 0.6 is 11.3 Å². The number of rotatable bonds is 6. The predicted octanol–water partition coefficient (Wildman–Crippen LogP) is 4.08. The fourth-order valence-corrected chi connectivity index (χ4v) is 5.40. The van der Waals surface area contributed by atoms with Gasteiger partial charge in [-0.3, -0.25) is 9.69 Å². The van der Waals surface area contributed by atoms with Crippen molar-refractivity contribution >= 4 is 27.5 Å². The molecule has 162 valence electrons. The first kappa shape index (κ1) is 20.4. The molecule has 1 amide bonds. The van der Waals surface area contributed by atoms with Gasteiger partial charge in [0.25, 0.3) is 11.1 Å². The highest BCUT2D eigenvalue weighted by Gasteiger charge is 2.45. The van der Waals surface area contributed by atoms with Gasteiger partial charge in [-0.1, -0.05) is 35.6 Å². The molecule has 6 rings (SSSR count). The van der Waals surface area contributed by atoms with Gasteiger partial charge < -0.3 is 15.2 Å². The number of thiazole rings is 1. The molecule has 0 spiro atoms. The smallest absolute Gasteiger partial charge is 0.279 e. The number of fused-ring (bicyclic) bond motifs is 3. The number of hydrogen-bond acceptors (Lipinski definition) is 6. The molecule has 2 saturated heterocycles. The van der Waals surface area contributed by atoms with E-state index >= 15 is 0 Å². The van der Waals surface area contributed by atoms with Gasteiger partial charge in [0.2, 0.25) is 0 Å². The van der Waals surface area contributed by atoms with Crippen LogP contribution in [0.2, 0.25) is 0 Å². The average molecular weight is 438 g/mol. The third-order valence-electron chi connectivity index (χ3n) is 6.25. The minimum absolute atomic E-state index is 0.156. The largest absolute Gasteiger partial charge is 0.431 e. The fraction of sp³-hybridized carbons (Fsp3) is 0.417. The van der Waals surface area contributed by atoms with E-state index in [9.17, 15) is 9.90 Å². The molecule has 2 aromatic carbocycles. The van der Waals surface area contributed by atoms with Gasteiger partial charge in [-0.05, 0) is 62.9 Å². The number of ether oxygens (including phenoxy) is 1. The molecule has 3 heterocycles. The third kappa shape index (κ3) is 4.31. The monoisotopic (exact) mass is 437 g/mol. The van der Waals surface area contributed by atoms with Gasteiger partial charge in [0.05, 0.1) is 10.2 Å². The third-order valence-corrected chi connectivity index (χ3v) is 7.17. The summed E-state index contributed by atoms with van der Waals surface area (Å²) in [5.74, 6) is 0.509. The van der Waals surface area contributed by atoms with Crippen molar-refractivity contribution < 1.29 is 14.6 Å². The second-order valence-electron chi connectivity index (χ2n) is 9.11. The highest BCUT2D eigenvalue weighted by molar-refractivity contribution is 7.20. The van der Waals surface area contributed by atoms with E-state index in [4.69, 9.17) is 4.74 Å². The SMILES string of the molecule is CC(C)(O)C(=O)NC1CC2C[C@@H](C1)N2Cc1ccc(Oc2nc3ccccc3s2)cc1. The van der Waals surface area contributed by atoms with Crippen LogP contribution in [0.15, 0.2) is 48.5 Å². The summed E-state index contributed by atoms with van der Waals surface area (Å²) in [7, 11) is 0. The maximum Gasteiger partial charge on any atom is 0.279 e. The summed E-state index contributed by atoms with van der Waals surface area (Å²) in [5.41, 5.74) is 0.891. The summed E-state index contributed by atoms with van der Waals surface area (Å²) in [5, 5.41) is 13.5. The predicted molar refractivity (Wildman–Crippen MR) is 121 cm³/mol. The quantitative estimate of drug-likeness (QED) is 0.608. The molecule has 2 N–H and O–H groups in total. The van der Waals surface area contributed by atoms with E-state index < -0.39 is 5.60 Å². The summed E-state index contributed by atoms with van der Waals surface area (Å²) in [6, 6.07) is 17.4. The number of nitrogens with one attached hydrogen (secondary N) is 1. The zero-order chi connectivity index (χ0) is 21.6. The molecule has 3 aromatic rings. The first-order valence-electron chi connectivity index (χ1n) is 10.8. The molecule has 0 radical (unpaired) electrons. The van der Waals surface area contributed by atoms with Crippen molar-refractivity contribution in [2.24, 2.45) is 0 Å². The summed E-state index contributed by atoms with van der Waals surface area (Å²) < 4.78 is 7.07. The first-order chi connectivity index (χ1) is 14.8. The number of benzene rings is 2. The minimum Gasteiger partial charge on any atom is -0.431 e. The summed E-state index contributed by atoms with van der Waals surface area (Å²) in [6.07, 6.45) is 3.07. The van der Waals surface area contributed by atoms with Crippen molar-refractivity contribution in [1.82, 2.24) is 15.2 Å². The standard InChI is InChI=1S/C24H27N3O3S/c1-24(2,29)22(28)25-16-11-17-13-18(12-16)27(17)14-15-7-9-19(10-8-15)30-23-26-20-5-3-4-6-21(20)31-23/h3-10,16-18,29H,11-14H2,1-2H3,(H,25,28)/t16?,17-,18?/m1/s1. The van der Waals surface area contributed by atoms with Gasteiger partial charge in [-0.2, -0.15) is 0 Å². The number of carbonyl (C=O) groups excluding carboxylic acids is 1. The Labute approximate surface area is 185 Å². The highest BCUT2D eigenvalue weighted by atomic mass is 32.1. The molecule has 1 saturated carbocycles. The Morgan fingerprint density at radius 2 is 1.87 bits per heavy atom. The van der Waals surface area contributed by atoms with Crippen LogP contribution in [0.25, 0.3) is 10.2 Å². The maximum atomic E-state index is 12.1. The molecule has 3 fully saturated rings. The van der Waals surface area contributed by atoms with Gasteiger partial charge >= 0.3 is 0 Å². The van der Waals surface area contributed by atoms with E-state index in [1.54, 1.807) is 11.3 Å². The lowest BCUT2D eigenvalue weighted by Crippen LogP contribution is -2.64. The van der Waals surface area contributed by atoms with E-state index in [2.05, 4.69) is 27.3 Å². The van der Waals surface area contributed by atoms with Gasteiger partial charge in [-0.15, -0.1) is 0 Å². The van der Waals surface area contributed by atoms with Gasteiger partial charge in [0.15, 0.2) is 0 Å². The molecule has 31 heavy (non-hydrogen) atoms. The number of amides is 1. The Kier molecular flexibility index (Phi) is 5.20. The molecule has 3 atom stereocenters. The van der Waals surface area contributed by atoms with Crippen LogP contribution in [-0.2, 0) is 11.3 Å². The minimum atomic E-state index is -1.32. The maximum absolute atomic E-state index is 12.1. The lowest BCUT2D eigenvalue weighted by atomic mass is 9.76. The van der Waals surface area contributed by atoms with Crippen molar-refractivity contribution in [1.29, 1.82) is 0 Å². The van der Waals surface area contributed by atoms with E-state index in [1.165, 1.54) is 25.8 Å². The second kappa shape index (κ2) is 7.89. The Balaban J connectivity index is 1.16. The molecular weight excluding hydrogens is 410 g/mol. The van der Waals surface area contributed by atoms with Crippen LogP contribution in [0.1, 0.15) is 38.7 Å². The highest BCUT2D eigenvalue weighted by Crippen LogP contribution is 2.39. The van der Waals surface area contributed by atoms with Crippen molar-refractivity contribution in [3.63, 3.8) is 0 Å². The Bertz CT molecular complexity index is 1040. The number of hydrogen-bond donors (Lipinski definition) is 2. The van der Waals surface area contributed by atoms with Crippen molar-refractivity contribution in [3.05, 3.63) is 54.1 Å². The number of para-hydroxylation sites is 1. The number of carbonyl (C=O) groups is 1. The van der Waals surface area contributed by atoms with Crippen LogP contribution in [-0.4, -0.2) is 44.6 Å². The molecule has 2 unspecified atom stereocenters. The number of aliphatic hydroxyl groups is 1. The second-order valence-corrected chi connectivity index (χ2v) is 10.1. The zero-order valence-electron chi connectivity index (χ0n) is 17.7. The molecule has 2 bridgehead atoms. The topological polar surface area (TPSA) is 74.7 Å². The van der Waals surface area contributed by atoms with Crippen LogP contribution in [0.3, 0.4) is 0 Å². The van der Waals surface area contributed by atoms with Gasteiger partial charge in [0.1, 0.15) is 11.4 Å². The van der Waals surface area contributed by atoms with Crippen LogP contribution in [0.4, 0.5) is 0 Å². The summed E-state index contributed by atoms with van der Waals surface area (Å²) in [6.45, 7) is 3.97. The van der Waals surface area contributed by atoms with Crippen molar-refractivity contribution in [2.75, 3.05) is 0 Å². The lowest BCUT2D eigenvalue weighted by Gasteiger charge is -2.55. The van der Waals surface area contributed by atoms with Gasteiger partial charge in [0, 0.05) is 24.7 Å². The molecule has 1 aliphatic carbocycles. The molecule has 3 aliphatic rings. The lowest BCUT2D eigenvalue weighted by molar-refractivity contribution is -0.139. The normalized spacial score (nSPS) is 23.4. The fourth-order valence-electron chi connectivity index (χ4n) is 4.57. The van der Waals surface area contributed by atoms with E-state index in [0.717, 1.165) is 35.4 Å². The van der Waals surface area contributed by atoms with E-state index in [0.29, 0.717) is 17.3 Å². The van der Waals surface area contributed by atoms with E-state index in [1.807, 2.05) is 36.4 Å². The molecule has 2 aliphatic heterocycles. The number of nitrogens with zero attached hydrogens (tertiary/aromatic N) is 2. The van der Waals surface area contributed by atoms with Crippen LogP contribution in [0, 0.1) is 0 Å². The molecule has 1 aromatic heterocycles. The Morgan fingerprint density at radius 3 is 2.55 bits per heavy atom. The van der Waals surface area contributed by atoms with Crippen LogP contribution < -0.4 is 10.1 Å². The summed E-state index contributed by atoms with van der Waals surface area (Å²) >= 11 is 1.55. The van der Waals surface area contributed by atoms with Crippen molar-refractivity contribution in [2.45, 2.75) is 63.4 Å². The number of piperidine rings is 1. The van der Waals surface area contributed by atoms with Crippen molar-refractivity contribution in [3.8, 4) is 10.9 Å². The number of aromatic nitrogens is 1.